The Hall–Kier alpha value is -1.08. The number of amides is 2. The number of aromatic carboxylic acids is 1. The van der Waals surface area contributed by atoms with Crippen LogP contribution in [0.3, 0.4) is 0 Å². The molecule has 1 aliphatic carbocycles. The summed E-state index contributed by atoms with van der Waals surface area (Å²) in [4.78, 5) is 23.4. The van der Waals surface area contributed by atoms with Gasteiger partial charge in [0.05, 0.1) is 11.3 Å². The molecule has 114 valence electrons. The van der Waals surface area contributed by atoms with Crippen molar-refractivity contribution in [1.29, 1.82) is 0 Å². The molecule has 0 spiro atoms. The van der Waals surface area contributed by atoms with Crippen LogP contribution in [0.5, 0.6) is 0 Å². The number of halogens is 2. The van der Waals surface area contributed by atoms with Crippen LogP contribution in [0.25, 0.3) is 0 Å². The van der Waals surface area contributed by atoms with Crippen LogP contribution in [0, 0.1) is 0 Å². The van der Waals surface area contributed by atoms with Gasteiger partial charge in [0.15, 0.2) is 0 Å². The molecule has 1 aliphatic rings. The molecular formula is C14H16Br2N2O3. The van der Waals surface area contributed by atoms with Crippen molar-refractivity contribution in [2.24, 2.45) is 0 Å². The largest absolute Gasteiger partial charge is 0.478 e. The number of carbonyl (C=O) groups excluding carboxylic acids is 1. The van der Waals surface area contributed by atoms with Crippen LogP contribution in [-0.2, 0) is 0 Å². The maximum Gasteiger partial charge on any atom is 0.337 e. The molecule has 0 heterocycles. The maximum absolute atomic E-state index is 12.1. The summed E-state index contributed by atoms with van der Waals surface area (Å²) in [6, 6.07) is 2.78. The number of urea groups is 1. The van der Waals surface area contributed by atoms with Crippen molar-refractivity contribution in [1.82, 2.24) is 5.32 Å². The Kier molecular flexibility index (Phi) is 4.93. The van der Waals surface area contributed by atoms with E-state index in [2.05, 4.69) is 42.5 Å². The summed E-state index contributed by atoms with van der Waals surface area (Å²) in [5.41, 5.74) is 0.148. The average molecular weight is 420 g/mol. The molecule has 2 amide bonds. The third-order valence-corrected chi connectivity index (χ3v) is 4.97. The van der Waals surface area contributed by atoms with Crippen LogP contribution < -0.4 is 10.6 Å². The zero-order chi connectivity index (χ0) is 15.6. The predicted molar refractivity (Wildman–Crippen MR) is 87.8 cm³/mol. The van der Waals surface area contributed by atoms with Gasteiger partial charge in [0, 0.05) is 14.5 Å². The molecule has 7 heteroatoms. The van der Waals surface area contributed by atoms with Crippen molar-refractivity contribution < 1.29 is 14.7 Å². The van der Waals surface area contributed by atoms with E-state index in [0.717, 1.165) is 25.7 Å². The number of anilines is 1. The number of benzene rings is 1. The van der Waals surface area contributed by atoms with Crippen molar-refractivity contribution >= 4 is 49.5 Å². The second-order valence-corrected chi connectivity index (χ2v) is 6.95. The van der Waals surface area contributed by atoms with Crippen LogP contribution in [0.15, 0.2) is 21.1 Å². The normalized spacial score (nSPS) is 16.0. The Labute approximate surface area is 139 Å². The fraction of sp³-hybridized carbons (Fsp3) is 0.429. The lowest BCUT2D eigenvalue weighted by atomic mass is 9.75. The van der Waals surface area contributed by atoms with Crippen LogP contribution >= 0.6 is 31.9 Å². The lowest BCUT2D eigenvalue weighted by molar-refractivity contribution is 0.0698. The first-order chi connectivity index (χ1) is 9.87. The molecule has 1 aromatic carbocycles. The van der Waals surface area contributed by atoms with E-state index < -0.39 is 5.97 Å². The molecule has 1 saturated carbocycles. The van der Waals surface area contributed by atoms with Gasteiger partial charge in [-0.05, 0) is 53.7 Å². The van der Waals surface area contributed by atoms with E-state index in [1.54, 1.807) is 6.07 Å². The van der Waals surface area contributed by atoms with Crippen LogP contribution in [0.2, 0.25) is 0 Å². The highest BCUT2D eigenvalue weighted by Crippen LogP contribution is 2.35. The monoisotopic (exact) mass is 418 g/mol. The van der Waals surface area contributed by atoms with Gasteiger partial charge in [-0.2, -0.15) is 0 Å². The van der Waals surface area contributed by atoms with Gasteiger partial charge in [0.2, 0.25) is 0 Å². The van der Waals surface area contributed by atoms with E-state index >= 15 is 0 Å². The van der Waals surface area contributed by atoms with Crippen LogP contribution in [-0.4, -0.2) is 22.6 Å². The molecule has 0 bridgehead atoms. The highest BCUT2D eigenvalue weighted by Gasteiger charge is 2.36. The molecule has 0 saturated heterocycles. The third kappa shape index (κ3) is 3.58. The van der Waals surface area contributed by atoms with Crippen molar-refractivity contribution in [3.8, 4) is 0 Å². The second-order valence-electron chi connectivity index (χ2n) is 5.18. The SMILES string of the molecule is CCC1(NC(=O)Nc2c(Br)cc(Br)cc2C(=O)O)CCC1. The lowest BCUT2D eigenvalue weighted by Crippen LogP contribution is -2.54. The quantitative estimate of drug-likeness (QED) is 0.678. The van der Waals surface area contributed by atoms with E-state index in [4.69, 9.17) is 0 Å². The summed E-state index contributed by atoms with van der Waals surface area (Å²) in [6.45, 7) is 2.04. The average Bonchev–Trinajstić information content (AvgIpc) is 2.36. The first-order valence-corrected chi connectivity index (χ1v) is 8.27. The van der Waals surface area contributed by atoms with Gasteiger partial charge in [-0.25, -0.2) is 9.59 Å². The smallest absolute Gasteiger partial charge is 0.337 e. The molecule has 0 aromatic heterocycles. The molecule has 1 fully saturated rings. The Morgan fingerprint density at radius 1 is 1.33 bits per heavy atom. The fourth-order valence-electron chi connectivity index (χ4n) is 2.43. The predicted octanol–water partition coefficient (Wildman–Crippen LogP) is 4.36. The van der Waals surface area contributed by atoms with E-state index in [1.807, 2.05) is 6.92 Å². The van der Waals surface area contributed by atoms with E-state index in [-0.39, 0.29) is 22.8 Å². The first-order valence-electron chi connectivity index (χ1n) is 6.68. The number of rotatable bonds is 4. The number of carboxylic acid groups (broad SMARTS) is 1. The first kappa shape index (κ1) is 16.3. The minimum atomic E-state index is -1.10. The van der Waals surface area contributed by atoms with Gasteiger partial charge in [-0.1, -0.05) is 22.9 Å². The van der Waals surface area contributed by atoms with E-state index in [0.29, 0.717) is 8.95 Å². The molecule has 21 heavy (non-hydrogen) atoms. The number of carboxylic acids is 1. The van der Waals surface area contributed by atoms with Crippen molar-refractivity contribution in [2.45, 2.75) is 38.1 Å². The highest BCUT2D eigenvalue weighted by molar-refractivity contribution is 9.11. The minimum Gasteiger partial charge on any atom is -0.478 e. The molecule has 0 unspecified atom stereocenters. The van der Waals surface area contributed by atoms with Crippen molar-refractivity contribution in [2.75, 3.05) is 5.32 Å². The summed E-state index contributed by atoms with van der Waals surface area (Å²) in [5.74, 6) is -1.10. The van der Waals surface area contributed by atoms with Gasteiger partial charge >= 0.3 is 12.0 Å². The molecule has 0 radical (unpaired) electrons. The zero-order valence-corrected chi connectivity index (χ0v) is 14.7. The molecule has 2 rings (SSSR count). The fourth-order valence-corrected chi connectivity index (χ4v) is 3.75. The van der Waals surface area contributed by atoms with Crippen molar-refractivity contribution in [3.63, 3.8) is 0 Å². The minimum absolute atomic E-state index is 0.0329. The van der Waals surface area contributed by atoms with E-state index in [9.17, 15) is 14.7 Å². The molecule has 1 aromatic rings. The Morgan fingerprint density at radius 2 is 2.00 bits per heavy atom. The number of carbonyl (C=O) groups is 2. The standard InChI is InChI=1S/C14H16Br2N2O3/c1-2-14(4-3-5-14)18-13(21)17-11-9(12(19)20)6-8(15)7-10(11)16/h6-7H,2-5H2,1H3,(H,19,20)(H2,17,18,21). The summed E-state index contributed by atoms with van der Waals surface area (Å²) < 4.78 is 1.14. The molecule has 3 N–H and O–H groups in total. The zero-order valence-electron chi connectivity index (χ0n) is 11.5. The Balaban J connectivity index is 2.19. The van der Waals surface area contributed by atoms with Crippen molar-refractivity contribution in [3.05, 3.63) is 26.6 Å². The highest BCUT2D eigenvalue weighted by atomic mass is 79.9. The van der Waals surface area contributed by atoms with Crippen LogP contribution in [0.1, 0.15) is 43.0 Å². The summed E-state index contributed by atoms with van der Waals surface area (Å²) in [5, 5.41) is 14.9. The molecule has 0 atom stereocenters. The van der Waals surface area contributed by atoms with Gasteiger partial charge in [0.1, 0.15) is 0 Å². The lowest BCUT2D eigenvalue weighted by Gasteiger charge is -2.41. The molecule has 0 aliphatic heterocycles. The molecular weight excluding hydrogens is 404 g/mol. The topological polar surface area (TPSA) is 78.4 Å². The summed E-state index contributed by atoms with van der Waals surface area (Å²) in [7, 11) is 0. The number of nitrogens with one attached hydrogen (secondary N) is 2. The number of hydrogen-bond acceptors (Lipinski definition) is 2. The van der Waals surface area contributed by atoms with Gasteiger partial charge < -0.3 is 15.7 Å². The van der Waals surface area contributed by atoms with Gasteiger partial charge in [-0.3, -0.25) is 0 Å². The van der Waals surface area contributed by atoms with Gasteiger partial charge in [0.25, 0.3) is 0 Å². The second kappa shape index (κ2) is 6.36. The molecule has 5 nitrogen and oxygen atoms in total. The summed E-state index contributed by atoms with van der Waals surface area (Å²) in [6.07, 6.45) is 3.90. The van der Waals surface area contributed by atoms with Crippen LogP contribution in [0.4, 0.5) is 10.5 Å². The Morgan fingerprint density at radius 3 is 2.48 bits per heavy atom. The number of hydrogen-bond donors (Lipinski definition) is 3. The maximum atomic E-state index is 12.1. The van der Waals surface area contributed by atoms with Gasteiger partial charge in [-0.15, -0.1) is 0 Å². The Bertz CT molecular complexity index is 580. The summed E-state index contributed by atoms with van der Waals surface area (Å²) >= 11 is 6.53. The van der Waals surface area contributed by atoms with E-state index in [1.165, 1.54) is 6.07 Å². The third-order valence-electron chi connectivity index (χ3n) is 3.89.